The number of amides is 1. The van der Waals surface area contributed by atoms with Gasteiger partial charge < -0.3 is 5.32 Å². The Balaban J connectivity index is 1.92. The Labute approximate surface area is 141 Å². The number of halogens is 5. The van der Waals surface area contributed by atoms with Gasteiger partial charge in [-0.2, -0.15) is 13.2 Å². The smallest absolute Gasteiger partial charge is 0.352 e. The summed E-state index contributed by atoms with van der Waals surface area (Å²) in [4.78, 5) is 12.0. The molecule has 0 radical (unpaired) electrons. The molecule has 2 aromatic rings. The van der Waals surface area contributed by atoms with Crippen LogP contribution in [0, 0.1) is 0 Å². The van der Waals surface area contributed by atoms with Gasteiger partial charge in [-0.25, -0.2) is 0 Å². The third-order valence-electron chi connectivity index (χ3n) is 3.18. The maximum atomic E-state index is 12.5. The van der Waals surface area contributed by atoms with Crippen LogP contribution in [0.3, 0.4) is 0 Å². The van der Waals surface area contributed by atoms with E-state index in [1.165, 1.54) is 12.1 Å². The molecule has 0 saturated heterocycles. The summed E-state index contributed by atoms with van der Waals surface area (Å²) in [7, 11) is 0. The number of nitrogens with one attached hydrogen (secondary N) is 1. The minimum atomic E-state index is -4.35. The Morgan fingerprint density at radius 3 is 2.30 bits per heavy atom. The van der Waals surface area contributed by atoms with E-state index in [0.717, 1.165) is 12.1 Å². The SMILES string of the molecule is O=C(NCCc1ccc(C(F)(F)F)cc1)c1cccc(Cl)c1Cl. The van der Waals surface area contributed by atoms with Crippen LogP contribution >= 0.6 is 23.2 Å². The Morgan fingerprint density at radius 2 is 1.70 bits per heavy atom. The fourth-order valence-corrected chi connectivity index (χ4v) is 2.34. The van der Waals surface area contributed by atoms with Crippen molar-refractivity contribution >= 4 is 29.1 Å². The zero-order valence-electron chi connectivity index (χ0n) is 11.8. The van der Waals surface area contributed by atoms with Crippen LogP contribution in [0.4, 0.5) is 13.2 Å². The van der Waals surface area contributed by atoms with Gasteiger partial charge in [-0.1, -0.05) is 41.4 Å². The zero-order valence-corrected chi connectivity index (χ0v) is 13.3. The fraction of sp³-hybridized carbons (Fsp3) is 0.188. The van der Waals surface area contributed by atoms with Crippen LogP contribution in [0.5, 0.6) is 0 Å². The summed E-state index contributed by atoms with van der Waals surface area (Å²) in [6.07, 6.45) is -3.95. The number of rotatable bonds is 4. The van der Waals surface area contributed by atoms with Gasteiger partial charge in [-0.15, -0.1) is 0 Å². The molecule has 2 nitrogen and oxygen atoms in total. The molecule has 0 aliphatic rings. The molecule has 0 heterocycles. The van der Waals surface area contributed by atoms with E-state index >= 15 is 0 Å². The highest BCUT2D eigenvalue weighted by molar-refractivity contribution is 6.43. The maximum absolute atomic E-state index is 12.5. The highest BCUT2D eigenvalue weighted by Gasteiger charge is 2.29. The van der Waals surface area contributed by atoms with Crippen molar-refractivity contribution in [3.63, 3.8) is 0 Å². The Hall–Kier alpha value is -1.72. The third kappa shape index (κ3) is 4.62. The van der Waals surface area contributed by atoms with Gasteiger partial charge in [0.05, 0.1) is 21.2 Å². The summed E-state index contributed by atoms with van der Waals surface area (Å²) < 4.78 is 37.4. The molecule has 0 saturated carbocycles. The lowest BCUT2D eigenvalue weighted by Gasteiger charge is -2.09. The number of hydrogen-bond acceptors (Lipinski definition) is 1. The fourth-order valence-electron chi connectivity index (χ4n) is 1.96. The van der Waals surface area contributed by atoms with E-state index in [9.17, 15) is 18.0 Å². The number of alkyl halides is 3. The first-order valence-electron chi connectivity index (χ1n) is 6.67. The second-order valence-corrected chi connectivity index (χ2v) is 5.59. The van der Waals surface area contributed by atoms with Crippen LogP contribution in [0.1, 0.15) is 21.5 Å². The monoisotopic (exact) mass is 361 g/mol. The lowest BCUT2D eigenvalue weighted by Crippen LogP contribution is -2.26. The quantitative estimate of drug-likeness (QED) is 0.816. The summed E-state index contributed by atoms with van der Waals surface area (Å²) in [5.41, 5.74) is 0.248. The first-order valence-corrected chi connectivity index (χ1v) is 7.43. The Bertz CT molecular complexity index is 699. The number of carbonyl (C=O) groups is 1. The van der Waals surface area contributed by atoms with Crippen molar-refractivity contribution in [1.29, 1.82) is 0 Å². The maximum Gasteiger partial charge on any atom is 0.416 e. The van der Waals surface area contributed by atoms with Crippen molar-refractivity contribution in [3.8, 4) is 0 Å². The molecular formula is C16H12Cl2F3NO. The molecule has 0 bridgehead atoms. The number of carbonyl (C=O) groups excluding carboxylic acids is 1. The van der Waals surface area contributed by atoms with Gasteiger partial charge in [0.2, 0.25) is 0 Å². The average Bonchev–Trinajstić information content (AvgIpc) is 2.49. The van der Waals surface area contributed by atoms with Gasteiger partial charge in [0.15, 0.2) is 0 Å². The van der Waals surface area contributed by atoms with Gasteiger partial charge in [0.1, 0.15) is 0 Å². The summed E-state index contributed by atoms with van der Waals surface area (Å²) in [6.45, 7) is 0.271. The highest BCUT2D eigenvalue weighted by atomic mass is 35.5. The molecule has 0 aliphatic heterocycles. The van der Waals surface area contributed by atoms with Crippen molar-refractivity contribution in [1.82, 2.24) is 5.32 Å². The van der Waals surface area contributed by atoms with Crippen molar-refractivity contribution < 1.29 is 18.0 Å². The van der Waals surface area contributed by atoms with Crippen LogP contribution in [-0.2, 0) is 12.6 Å². The molecular weight excluding hydrogens is 350 g/mol. The second-order valence-electron chi connectivity index (χ2n) is 4.80. The molecule has 0 aliphatic carbocycles. The van der Waals surface area contributed by atoms with E-state index < -0.39 is 11.7 Å². The highest BCUT2D eigenvalue weighted by Crippen LogP contribution is 2.29. The largest absolute Gasteiger partial charge is 0.416 e. The predicted molar refractivity (Wildman–Crippen MR) is 83.9 cm³/mol. The Kier molecular flexibility index (Phi) is 5.55. The van der Waals surface area contributed by atoms with Gasteiger partial charge in [-0.3, -0.25) is 4.79 Å². The van der Waals surface area contributed by atoms with Crippen molar-refractivity contribution in [2.45, 2.75) is 12.6 Å². The molecule has 122 valence electrons. The summed E-state index contributed by atoms with van der Waals surface area (Å²) in [5.74, 6) is -0.385. The van der Waals surface area contributed by atoms with Crippen molar-refractivity contribution in [2.75, 3.05) is 6.54 Å². The number of hydrogen-bond donors (Lipinski definition) is 1. The van der Waals surface area contributed by atoms with E-state index in [0.29, 0.717) is 12.0 Å². The predicted octanol–water partition coefficient (Wildman–Crippen LogP) is 4.98. The topological polar surface area (TPSA) is 29.1 Å². The standard InChI is InChI=1S/C16H12Cl2F3NO/c17-13-3-1-2-12(14(13)18)15(23)22-9-8-10-4-6-11(7-5-10)16(19,20)21/h1-7H,8-9H2,(H,22,23). The van der Waals surface area contributed by atoms with Gasteiger partial charge in [-0.05, 0) is 36.2 Å². The van der Waals surface area contributed by atoms with Crippen LogP contribution in [-0.4, -0.2) is 12.5 Å². The van der Waals surface area contributed by atoms with E-state index in [1.807, 2.05) is 0 Å². The molecule has 1 N–H and O–H groups in total. The normalized spacial score (nSPS) is 11.3. The second kappa shape index (κ2) is 7.23. The van der Waals surface area contributed by atoms with Gasteiger partial charge in [0.25, 0.3) is 5.91 Å². The van der Waals surface area contributed by atoms with Gasteiger partial charge >= 0.3 is 6.18 Å². The molecule has 0 unspecified atom stereocenters. The molecule has 2 rings (SSSR count). The Morgan fingerprint density at radius 1 is 1.04 bits per heavy atom. The van der Waals surface area contributed by atoms with Crippen LogP contribution < -0.4 is 5.32 Å². The van der Waals surface area contributed by atoms with Crippen LogP contribution in [0.15, 0.2) is 42.5 Å². The molecule has 23 heavy (non-hydrogen) atoms. The van der Waals surface area contributed by atoms with Gasteiger partial charge in [0, 0.05) is 6.54 Å². The molecule has 0 spiro atoms. The molecule has 7 heteroatoms. The lowest BCUT2D eigenvalue weighted by molar-refractivity contribution is -0.137. The molecule has 0 atom stereocenters. The van der Waals surface area contributed by atoms with E-state index in [1.54, 1.807) is 18.2 Å². The van der Waals surface area contributed by atoms with Crippen LogP contribution in [0.25, 0.3) is 0 Å². The first-order chi connectivity index (χ1) is 10.8. The van der Waals surface area contributed by atoms with E-state index in [-0.39, 0.29) is 28.1 Å². The first kappa shape index (κ1) is 17.6. The number of benzene rings is 2. The van der Waals surface area contributed by atoms with Crippen molar-refractivity contribution in [2.24, 2.45) is 0 Å². The molecule has 1 amide bonds. The molecule has 0 aromatic heterocycles. The van der Waals surface area contributed by atoms with Crippen LogP contribution in [0.2, 0.25) is 10.0 Å². The summed E-state index contributed by atoms with van der Waals surface area (Å²) in [5, 5.41) is 3.10. The summed E-state index contributed by atoms with van der Waals surface area (Å²) in [6, 6.07) is 9.54. The minimum absolute atomic E-state index is 0.168. The lowest BCUT2D eigenvalue weighted by atomic mass is 10.1. The molecule has 0 fully saturated rings. The van der Waals surface area contributed by atoms with Crippen molar-refractivity contribution in [3.05, 3.63) is 69.2 Å². The summed E-state index contributed by atoms with van der Waals surface area (Å²) >= 11 is 11.8. The minimum Gasteiger partial charge on any atom is -0.352 e. The van der Waals surface area contributed by atoms with E-state index in [4.69, 9.17) is 23.2 Å². The third-order valence-corrected chi connectivity index (χ3v) is 4.00. The van der Waals surface area contributed by atoms with E-state index in [2.05, 4.69) is 5.32 Å². The average molecular weight is 362 g/mol. The molecule has 2 aromatic carbocycles. The zero-order chi connectivity index (χ0) is 17.0.